The molecule has 3 rings (SSSR count). The summed E-state index contributed by atoms with van der Waals surface area (Å²) in [4.78, 5) is 12.1. The van der Waals surface area contributed by atoms with E-state index in [1.807, 2.05) is 6.07 Å². The van der Waals surface area contributed by atoms with Crippen LogP contribution in [0.25, 0.3) is 0 Å². The van der Waals surface area contributed by atoms with Gasteiger partial charge in [0.15, 0.2) is 0 Å². The van der Waals surface area contributed by atoms with Crippen molar-refractivity contribution in [3.05, 3.63) is 94.5 Å². The maximum absolute atomic E-state index is 12.4. The number of hydrogen-bond acceptors (Lipinski definition) is 6. The third-order valence-corrected chi connectivity index (χ3v) is 5.92. The third kappa shape index (κ3) is 6.31. The van der Waals surface area contributed by atoms with E-state index < -0.39 is 10.1 Å². The van der Waals surface area contributed by atoms with Crippen LogP contribution in [-0.4, -0.2) is 27.5 Å². The Morgan fingerprint density at radius 3 is 2.38 bits per heavy atom. The van der Waals surface area contributed by atoms with E-state index in [1.54, 1.807) is 54.6 Å². The molecule has 0 saturated heterocycles. The number of nitrogens with zero attached hydrogens (tertiary/aromatic N) is 1. The second-order valence-corrected chi connectivity index (χ2v) is 8.60. The molecule has 0 aromatic heterocycles. The lowest BCUT2D eigenvalue weighted by Gasteiger charge is -2.09. The molecule has 0 spiro atoms. The van der Waals surface area contributed by atoms with Gasteiger partial charge >= 0.3 is 0 Å². The largest absolute Gasteiger partial charge is 0.492 e. The van der Waals surface area contributed by atoms with Crippen LogP contribution in [0.3, 0.4) is 0 Å². The van der Waals surface area contributed by atoms with E-state index in [1.165, 1.54) is 18.2 Å². The van der Waals surface area contributed by atoms with Crippen LogP contribution < -0.4 is 10.1 Å². The lowest BCUT2D eigenvalue weighted by Crippen LogP contribution is -2.28. The minimum Gasteiger partial charge on any atom is -0.492 e. The van der Waals surface area contributed by atoms with E-state index in [0.717, 1.165) is 0 Å². The summed E-state index contributed by atoms with van der Waals surface area (Å²) in [7, 11) is -4.09. The highest BCUT2D eigenvalue weighted by molar-refractivity contribution is 7.86. The highest BCUT2D eigenvalue weighted by Gasteiger charge is 2.19. The fourth-order valence-corrected chi connectivity index (χ4v) is 3.88. The number of nitrogens with one attached hydrogen (secondary N) is 1. The molecular formula is C23H19ClN2O5S. The average Bonchev–Trinajstić information content (AvgIpc) is 2.82. The van der Waals surface area contributed by atoms with Crippen molar-refractivity contribution in [1.29, 1.82) is 5.26 Å². The Hall–Kier alpha value is -3.38. The summed E-state index contributed by atoms with van der Waals surface area (Å²) < 4.78 is 35.3. The van der Waals surface area contributed by atoms with Crippen molar-refractivity contribution < 1.29 is 22.1 Å². The number of nitriles is 1. The lowest BCUT2D eigenvalue weighted by atomic mass is 10.1. The Morgan fingerprint density at radius 1 is 1.00 bits per heavy atom. The van der Waals surface area contributed by atoms with Crippen LogP contribution in [0.5, 0.6) is 5.75 Å². The molecule has 1 N–H and O–H groups in total. The molecule has 0 aliphatic rings. The SMILES string of the molecule is N#Cc1ccccc1S(=O)(=O)OCc1ccc(C(=O)NCCOc2ccc(Cl)cc2)cc1. The molecule has 164 valence electrons. The van der Waals surface area contributed by atoms with Gasteiger partial charge in [0.1, 0.15) is 23.3 Å². The van der Waals surface area contributed by atoms with Crippen molar-refractivity contribution in [3.63, 3.8) is 0 Å². The molecular weight excluding hydrogens is 452 g/mol. The van der Waals surface area contributed by atoms with Gasteiger partial charge in [-0.15, -0.1) is 0 Å². The minimum atomic E-state index is -4.09. The molecule has 1 amide bonds. The van der Waals surface area contributed by atoms with Gasteiger partial charge in [0.25, 0.3) is 16.0 Å². The van der Waals surface area contributed by atoms with Crippen molar-refractivity contribution >= 4 is 27.6 Å². The Bertz CT molecular complexity index is 1220. The van der Waals surface area contributed by atoms with Gasteiger partial charge in [0.2, 0.25) is 0 Å². The molecule has 0 saturated carbocycles. The van der Waals surface area contributed by atoms with Crippen LogP contribution in [-0.2, 0) is 20.9 Å². The predicted octanol–water partition coefficient (Wildman–Crippen LogP) is 3.93. The standard InChI is InChI=1S/C23H19ClN2O5S/c24-20-9-11-21(12-10-20)30-14-13-26-23(27)18-7-5-17(6-8-18)16-31-32(28,29)22-4-2-1-3-19(22)15-25/h1-12H,13-14,16H2,(H,26,27). The molecule has 7 nitrogen and oxygen atoms in total. The zero-order chi connectivity index (χ0) is 23.0. The normalized spacial score (nSPS) is 10.9. The molecule has 0 aliphatic heterocycles. The van der Waals surface area contributed by atoms with Crippen LogP contribution in [0.4, 0.5) is 0 Å². The van der Waals surface area contributed by atoms with Crippen molar-refractivity contribution in [2.24, 2.45) is 0 Å². The first kappa shape index (κ1) is 23.3. The average molecular weight is 471 g/mol. The van der Waals surface area contributed by atoms with Crippen molar-refractivity contribution in [2.75, 3.05) is 13.2 Å². The van der Waals surface area contributed by atoms with E-state index in [0.29, 0.717) is 35.1 Å². The van der Waals surface area contributed by atoms with Gasteiger partial charge in [-0.3, -0.25) is 8.98 Å². The zero-order valence-corrected chi connectivity index (χ0v) is 18.4. The number of halogens is 1. The maximum Gasteiger partial charge on any atom is 0.298 e. The number of rotatable bonds is 9. The van der Waals surface area contributed by atoms with Crippen molar-refractivity contribution in [2.45, 2.75) is 11.5 Å². The summed E-state index contributed by atoms with van der Waals surface area (Å²) in [5.41, 5.74) is 0.989. The molecule has 0 fully saturated rings. The second kappa shape index (κ2) is 10.8. The smallest absolute Gasteiger partial charge is 0.298 e. The summed E-state index contributed by atoms with van der Waals surface area (Å²) in [5, 5.41) is 12.4. The molecule has 0 bridgehead atoms. The molecule has 0 aliphatic carbocycles. The molecule has 3 aromatic rings. The quantitative estimate of drug-likeness (QED) is 0.375. The van der Waals surface area contributed by atoms with Crippen LogP contribution in [0.2, 0.25) is 5.02 Å². The lowest BCUT2D eigenvalue weighted by molar-refractivity contribution is 0.0947. The molecule has 9 heteroatoms. The maximum atomic E-state index is 12.4. The summed E-state index contributed by atoms with van der Waals surface area (Å²) in [6.07, 6.45) is 0. The molecule has 0 atom stereocenters. The first-order valence-corrected chi connectivity index (χ1v) is 11.3. The van der Waals surface area contributed by atoms with E-state index >= 15 is 0 Å². The van der Waals surface area contributed by atoms with Crippen LogP contribution >= 0.6 is 11.6 Å². The van der Waals surface area contributed by atoms with Gasteiger partial charge in [-0.1, -0.05) is 35.9 Å². The molecule has 0 radical (unpaired) electrons. The Labute approximate surface area is 191 Å². The molecule has 3 aromatic carbocycles. The summed E-state index contributed by atoms with van der Waals surface area (Å²) in [6, 6.07) is 20.9. The number of carbonyl (C=O) groups is 1. The van der Waals surface area contributed by atoms with E-state index in [2.05, 4.69) is 5.32 Å². The topological polar surface area (TPSA) is 105 Å². The Kier molecular flexibility index (Phi) is 7.84. The van der Waals surface area contributed by atoms with Crippen LogP contribution in [0, 0.1) is 11.3 Å². The summed E-state index contributed by atoms with van der Waals surface area (Å²) >= 11 is 5.81. The van der Waals surface area contributed by atoms with E-state index in [4.69, 9.17) is 25.8 Å². The number of benzene rings is 3. The highest BCUT2D eigenvalue weighted by atomic mass is 35.5. The van der Waals surface area contributed by atoms with Gasteiger partial charge in [0, 0.05) is 10.6 Å². The monoisotopic (exact) mass is 470 g/mol. The van der Waals surface area contributed by atoms with E-state index in [-0.39, 0.29) is 23.0 Å². The number of ether oxygens (including phenoxy) is 1. The van der Waals surface area contributed by atoms with Gasteiger partial charge in [-0.2, -0.15) is 13.7 Å². The minimum absolute atomic E-state index is 0.0135. The number of carbonyl (C=O) groups excluding carboxylic acids is 1. The summed E-state index contributed by atoms with van der Waals surface area (Å²) in [6.45, 7) is 0.378. The van der Waals surface area contributed by atoms with Gasteiger partial charge in [-0.25, -0.2) is 0 Å². The second-order valence-electron chi connectivity index (χ2n) is 6.58. The van der Waals surface area contributed by atoms with Gasteiger partial charge < -0.3 is 10.1 Å². The van der Waals surface area contributed by atoms with Crippen LogP contribution in [0.15, 0.2) is 77.7 Å². The first-order chi connectivity index (χ1) is 15.4. The molecule has 0 heterocycles. The molecule has 32 heavy (non-hydrogen) atoms. The fraction of sp³-hybridized carbons (Fsp3) is 0.130. The predicted molar refractivity (Wildman–Crippen MR) is 119 cm³/mol. The molecule has 0 unspecified atom stereocenters. The number of hydrogen-bond donors (Lipinski definition) is 1. The van der Waals surface area contributed by atoms with Gasteiger partial charge in [-0.05, 0) is 54.1 Å². The Morgan fingerprint density at radius 2 is 1.69 bits per heavy atom. The third-order valence-electron chi connectivity index (χ3n) is 4.34. The first-order valence-electron chi connectivity index (χ1n) is 9.53. The highest BCUT2D eigenvalue weighted by Crippen LogP contribution is 2.19. The van der Waals surface area contributed by atoms with E-state index in [9.17, 15) is 13.2 Å². The van der Waals surface area contributed by atoms with Gasteiger partial charge in [0.05, 0.1) is 18.7 Å². The van der Waals surface area contributed by atoms with Crippen LogP contribution in [0.1, 0.15) is 21.5 Å². The zero-order valence-electron chi connectivity index (χ0n) is 16.8. The summed E-state index contributed by atoms with van der Waals surface area (Å²) in [5.74, 6) is 0.369. The van der Waals surface area contributed by atoms with Crippen molar-refractivity contribution in [1.82, 2.24) is 5.32 Å². The Balaban J connectivity index is 1.49. The number of amides is 1. The van der Waals surface area contributed by atoms with Crippen molar-refractivity contribution in [3.8, 4) is 11.8 Å². The fourth-order valence-electron chi connectivity index (χ4n) is 2.70.